The van der Waals surface area contributed by atoms with Crippen molar-refractivity contribution in [3.8, 4) is 0 Å². The van der Waals surface area contributed by atoms with Crippen molar-refractivity contribution in [2.75, 3.05) is 38.6 Å². The van der Waals surface area contributed by atoms with E-state index < -0.39 is 0 Å². The SMILES string of the molecule is CCN(CCCN(C)C)c1ncc(CN)s1. The lowest BCUT2D eigenvalue weighted by Crippen LogP contribution is -2.26. The summed E-state index contributed by atoms with van der Waals surface area (Å²) in [7, 11) is 4.21. The molecular weight excluding hydrogens is 220 g/mol. The van der Waals surface area contributed by atoms with E-state index >= 15 is 0 Å². The molecule has 0 spiro atoms. The van der Waals surface area contributed by atoms with Crippen LogP contribution < -0.4 is 10.6 Å². The third-order valence-corrected chi connectivity index (χ3v) is 3.51. The number of nitrogens with zero attached hydrogens (tertiary/aromatic N) is 3. The van der Waals surface area contributed by atoms with Gasteiger partial charge in [-0.3, -0.25) is 0 Å². The molecule has 0 amide bonds. The predicted octanol–water partition coefficient (Wildman–Crippen LogP) is 1.38. The lowest BCUT2D eigenvalue weighted by Gasteiger charge is -2.20. The highest BCUT2D eigenvalue weighted by Crippen LogP contribution is 2.21. The summed E-state index contributed by atoms with van der Waals surface area (Å²) in [5.74, 6) is 0. The molecule has 92 valence electrons. The van der Waals surface area contributed by atoms with E-state index in [1.165, 1.54) is 6.42 Å². The van der Waals surface area contributed by atoms with Crippen molar-refractivity contribution in [3.63, 3.8) is 0 Å². The first-order chi connectivity index (χ1) is 7.67. The molecule has 16 heavy (non-hydrogen) atoms. The molecule has 1 rings (SSSR count). The van der Waals surface area contributed by atoms with E-state index in [-0.39, 0.29) is 0 Å². The van der Waals surface area contributed by atoms with Gasteiger partial charge < -0.3 is 15.5 Å². The Bertz CT molecular complexity index is 298. The van der Waals surface area contributed by atoms with Gasteiger partial charge in [0.15, 0.2) is 5.13 Å². The Labute approximate surface area is 102 Å². The summed E-state index contributed by atoms with van der Waals surface area (Å²) in [4.78, 5) is 10.1. The van der Waals surface area contributed by atoms with Crippen molar-refractivity contribution >= 4 is 16.5 Å². The smallest absolute Gasteiger partial charge is 0.185 e. The molecule has 0 fully saturated rings. The van der Waals surface area contributed by atoms with E-state index in [0.29, 0.717) is 6.54 Å². The highest BCUT2D eigenvalue weighted by atomic mass is 32.1. The normalized spacial score (nSPS) is 11.1. The van der Waals surface area contributed by atoms with E-state index in [4.69, 9.17) is 5.73 Å². The second-order valence-corrected chi connectivity index (χ2v) is 5.14. The van der Waals surface area contributed by atoms with E-state index in [1.807, 2.05) is 6.20 Å². The molecule has 0 aliphatic carbocycles. The van der Waals surface area contributed by atoms with Crippen molar-refractivity contribution in [2.45, 2.75) is 19.9 Å². The van der Waals surface area contributed by atoms with Crippen molar-refractivity contribution in [1.82, 2.24) is 9.88 Å². The maximum Gasteiger partial charge on any atom is 0.185 e. The third-order valence-electron chi connectivity index (χ3n) is 2.43. The summed E-state index contributed by atoms with van der Waals surface area (Å²) in [6.07, 6.45) is 3.05. The minimum absolute atomic E-state index is 0.590. The molecule has 4 nitrogen and oxygen atoms in total. The van der Waals surface area contributed by atoms with Crippen LogP contribution in [0, 0.1) is 0 Å². The zero-order valence-corrected chi connectivity index (χ0v) is 11.3. The number of aromatic nitrogens is 1. The summed E-state index contributed by atoms with van der Waals surface area (Å²) >= 11 is 1.70. The predicted molar refractivity (Wildman–Crippen MR) is 71.1 cm³/mol. The Morgan fingerprint density at radius 2 is 2.12 bits per heavy atom. The summed E-state index contributed by atoms with van der Waals surface area (Å²) < 4.78 is 0. The van der Waals surface area contributed by atoms with Gasteiger partial charge in [0.2, 0.25) is 0 Å². The largest absolute Gasteiger partial charge is 0.348 e. The Hall–Kier alpha value is -0.650. The number of hydrogen-bond donors (Lipinski definition) is 1. The lowest BCUT2D eigenvalue weighted by molar-refractivity contribution is 0.400. The van der Waals surface area contributed by atoms with Crippen LogP contribution in [0.25, 0.3) is 0 Å². The van der Waals surface area contributed by atoms with Gasteiger partial charge in [-0.1, -0.05) is 0 Å². The minimum atomic E-state index is 0.590. The molecule has 1 aromatic heterocycles. The van der Waals surface area contributed by atoms with Crippen molar-refractivity contribution < 1.29 is 0 Å². The molecule has 0 radical (unpaired) electrons. The van der Waals surface area contributed by atoms with Crippen LogP contribution in [0.15, 0.2) is 6.20 Å². The van der Waals surface area contributed by atoms with Gasteiger partial charge in [-0.25, -0.2) is 4.98 Å². The minimum Gasteiger partial charge on any atom is -0.348 e. The van der Waals surface area contributed by atoms with Crippen LogP contribution in [0.2, 0.25) is 0 Å². The van der Waals surface area contributed by atoms with Gasteiger partial charge in [0.1, 0.15) is 0 Å². The van der Waals surface area contributed by atoms with Gasteiger partial charge >= 0.3 is 0 Å². The fourth-order valence-corrected chi connectivity index (χ4v) is 2.38. The molecule has 0 aliphatic rings. The van der Waals surface area contributed by atoms with E-state index in [2.05, 4.69) is 35.8 Å². The highest BCUT2D eigenvalue weighted by molar-refractivity contribution is 7.15. The van der Waals surface area contributed by atoms with Crippen LogP contribution in [0.3, 0.4) is 0 Å². The van der Waals surface area contributed by atoms with Crippen LogP contribution in [0.1, 0.15) is 18.2 Å². The third kappa shape index (κ3) is 4.08. The quantitative estimate of drug-likeness (QED) is 0.784. The van der Waals surface area contributed by atoms with Gasteiger partial charge in [-0.05, 0) is 34.0 Å². The Morgan fingerprint density at radius 1 is 1.38 bits per heavy atom. The summed E-state index contributed by atoms with van der Waals surface area (Å²) in [6, 6.07) is 0. The van der Waals surface area contributed by atoms with Gasteiger partial charge in [-0.15, -0.1) is 11.3 Å². The van der Waals surface area contributed by atoms with E-state index in [1.54, 1.807) is 11.3 Å². The summed E-state index contributed by atoms with van der Waals surface area (Å²) in [6.45, 7) is 5.94. The average molecular weight is 242 g/mol. The molecule has 5 heteroatoms. The Morgan fingerprint density at radius 3 is 2.62 bits per heavy atom. The molecule has 0 saturated heterocycles. The second kappa shape index (κ2) is 6.83. The average Bonchev–Trinajstić information content (AvgIpc) is 2.72. The Kier molecular flexibility index (Phi) is 5.73. The van der Waals surface area contributed by atoms with Crippen molar-refractivity contribution in [3.05, 3.63) is 11.1 Å². The number of nitrogens with two attached hydrogens (primary N) is 1. The maximum atomic E-state index is 5.59. The Balaban J connectivity index is 2.46. The molecule has 0 unspecified atom stereocenters. The molecule has 0 aromatic carbocycles. The molecule has 0 bridgehead atoms. The number of anilines is 1. The first kappa shape index (κ1) is 13.4. The standard InChI is InChI=1S/C11H22N4S/c1-4-15(7-5-6-14(2)3)11-13-9-10(8-12)16-11/h9H,4-8,12H2,1-3H3. The van der Waals surface area contributed by atoms with Gasteiger partial charge in [0, 0.05) is 30.7 Å². The first-order valence-electron chi connectivity index (χ1n) is 5.71. The second-order valence-electron chi connectivity index (χ2n) is 4.05. The molecular formula is C11H22N4S. The van der Waals surface area contributed by atoms with Gasteiger partial charge in [0.25, 0.3) is 0 Å². The van der Waals surface area contributed by atoms with Crippen LogP contribution in [-0.4, -0.2) is 43.6 Å². The molecule has 2 N–H and O–H groups in total. The molecule has 0 saturated carbocycles. The fourth-order valence-electron chi connectivity index (χ4n) is 1.50. The monoisotopic (exact) mass is 242 g/mol. The van der Waals surface area contributed by atoms with Crippen molar-refractivity contribution in [2.24, 2.45) is 5.73 Å². The number of rotatable bonds is 7. The topological polar surface area (TPSA) is 45.4 Å². The zero-order chi connectivity index (χ0) is 12.0. The van der Waals surface area contributed by atoms with Crippen molar-refractivity contribution in [1.29, 1.82) is 0 Å². The molecule has 0 atom stereocenters. The number of thiazole rings is 1. The van der Waals surface area contributed by atoms with E-state index in [0.717, 1.165) is 29.6 Å². The summed E-state index contributed by atoms with van der Waals surface area (Å²) in [5.41, 5.74) is 5.59. The molecule has 1 aromatic rings. The maximum absolute atomic E-state index is 5.59. The highest BCUT2D eigenvalue weighted by Gasteiger charge is 2.08. The van der Waals surface area contributed by atoms with Gasteiger partial charge in [0.05, 0.1) is 0 Å². The van der Waals surface area contributed by atoms with Gasteiger partial charge in [-0.2, -0.15) is 0 Å². The van der Waals surface area contributed by atoms with E-state index in [9.17, 15) is 0 Å². The first-order valence-corrected chi connectivity index (χ1v) is 6.53. The molecule has 1 heterocycles. The van der Waals surface area contributed by atoms with Crippen LogP contribution in [0.4, 0.5) is 5.13 Å². The van der Waals surface area contributed by atoms with Crippen LogP contribution in [0.5, 0.6) is 0 Å². The number of hydrogen-bond acceptors (Lipinski definition) is 5. The zero-order valence-electron chi connectivity index (χ0n) is 10.4. The lowest BCUT2D eigenvalue weighted by atomic mass is 10.4. The molecule has 0 aliphatic heterocycles. The fraction of sp³-hybridized carbons (Fsp3) is 0.727. The van der Waals surface area contributed by atoms with Crippen LogP contribution >= 0.6 is 11.3 Å². The summed E-state index contributed by atoms with van der Waals surface area (Å²) in [5, 5.41) is 1.10. The van der Waals surface area contributed by atoms with Crippen LogP contribution in [-0.2, 0) is 6.54 Å².